The summed E-state index contributed by atoms with van der Waals surface area (Å²) >= 11 is 0. The lowest BCUT2D eigenvalue weighted by molar-refractivity contribution is -0.0592. The summed E-state index contributed by atoms with van der Waals surface area (Å²) in [4.78, 5) is 35.6. The number of hydrogen-bond donors (Lipinski definition) is 1. The predicted octanol–water partition coefficient (Wildman–Crippen LogP) is 5.48. The molecule has 0 amide bonds. The first-order chi connectivity index (χ1) is 21.4. The average molecular weight is 599 g/mol. The third-order valence-electron chi connectivity index (χ3n) is 8.52. The van der Waals surface area contributed by atoms with E-state index in [1.54, 1.807) is 37.3 Å². The number of piperidine rings is 1. The zero-order valence-corrected chi connectivity index (χ0v) is 25.2. The minimum atomic E-state index is -0.940. The number of hydrogen-bond acceptors (Lipinski definition) is 8. The molecule has 10 nitrogen and oxygen atoms in total. The number of Topliss-reactive ketones (excluding diaryl/α,β-unsaturated/α-hetero) is 1. The van der Waals surface area contributed by atoms with Crippen LogP contribution in [0.4, 0.5) is 0 Å². The number of likely N-dealkylation sites (tertiary alicyclic amines) is 1. The van der Waals surface area contributed by atoms with E-state index in [4.69, 9.17) is 24.2 Å². The maximum Gasteiger partial charge on any atom is 0.335 e. The predicted molar refractivity (Wildman–Crippen MR) is 164 cm³/mol. The number of rotatable bonds is 12. The number of benzene rings is 2. The van der Waals surface area contributed by atoms with Gasteiger partial charge in [0.05, 0.1) is 42.4 Å². The van der Waals surface area contributed by atoms with Crippen molar-refractivity contribution in [2.75, 3.05) is 26.3 Å². The van der Waals surface area contributed by atoms with Crippen LogP contribution >= 0.6 is 0 Å². The van der Waals surface area contributed by atoms with E-state index in [1.165, 1.54) is 0 Å². The summed E-state index contributed by atoms with van der Waals surface area (Å²) in [6, 6.07) is 16.5. The normalized spacial score (nSPS) is 17.4. The van der Waals surface area contributed by atoms with Crippen molar-refractivity contribution in [1.82, 2.24) is 19.4 Å². The fourth-order valence-electron chi connectivity index (χ4n) is 5.92. The van der Waals surface area contributed by atoms with Gasteiger partial charge in [0.2, 0.25) is 5.88 Å². The molecule has 2 aliphatic heterocycles. The number of carbonyl (C=O) groups excluding carboxylic acids is 1. The second kappa shape index (κ2) is 13.2. The highest BCUT2D eigenvalue weighted by molar-refractivity contribution is 5.94. The molecule has 0 saturated carbocycles. The zero-order chi connectivity index (χ0) is 30.6. The third kappa shape index (κ3) is 6.61. The van der Waals surface area contributed by atoms with E-state index >= 15 is 0 Å². The van der Waals surface area contributed by atoms with Crippen LogP contribution in [0, 0.1) is 0 Å². The van der Waals surface area contributed by atoms with Crippen LogP contribution < -0.4 is 9.47 Å². The van der Waals surface area contributed by atoms with Gasteiger partial charge in [-0.2, -0.15) is 0 Å². The molecule has 44 heavy (non-hydrogen) atoms. The van der Waals surface area contributed by atoms with E-state index in [0.29, 0.717) is 49.4 Å². The highest BCUT2D eigenvalue weighted by atomic mass is 16.5. The molecule has 2 aliphatic rings. The van der Waals surface area contributed by atoms with Crippen molar-refractivity contribution < 1.29 is 28.9 Å². The number of carboxylic acids is 1. The Kier molecular flexibility index (Phi) is 8.90. The number of aromatic nitrogens is 3. The number of ether oxygens (including phenoxy) is 3. The molecule has 2 aromatic carbocycles. The van der Waals surface area contributed by atoms with Gasteiger partial charge in [0.1, 0.15) is 18.2 Å². The van der Waals surface area contributed by atoms with Gasteiger partial charge >= 0.3 is 5.97 Å². The number of aromatic carboxylic acids is 1. The van der Waals surface area contributed by atoms with Gasteiger partial charge in [0.25, 0.3) is 0 Å². The first kappa shape index (κ1) is 29.8. The lowest BCUT2D eigenvalue weighted by atomic mass is 9.93. The van der Waals surface area contributed by atoms with Crippen LogP contribution in [-0.4, -0.2) is 68.7 Å². The molecule has 1 atom stereocenters. The van der Waals surface area contributed by atoms with Crippen molar-refractivity contribution in [1.29, 1.82) is 0 Å². The number of carbonyl (C=O) groups is 2. The van der Waals surface area contributed by atoms with E-state index in [0.717, 1.165) is 67.1 Å². The van der Waals surface area contributed by atoms with Crippen LogP contribution in [0.25, 0.3) is 11.0 Å². The standard InChI is InChI=1S/C34H38N4O6/c1-3-42-31-18-24(22(2)39)7-8-26(31)21-44-33-6-4-5-28(36-33)23-11-14-37(15-12-23)20-32-35-29-10-9-25(34(40)41)17-30(29)38(32)19-27-13-16-43-27/h4-10,17-18,23,27H,3,11-16,19-21H2,1-2H3,(H,40,41). The molecule has 2 saturated heterocycles. The number of fused-ring (bicyclic) bond motifs is 1. The molecule has 2 fully saturated rings. The quantitative estimate of drug-likeness (QED) is 0.212. The Labute approximate surface area is 256 Å². The molecule has 1 unspecified atom stereocenters. The first-order valence-corrected chi connectivity index (χ1v) is 15.3. The molecule has 4 aromatic rings. The molecule has 0 spiro atoms. The van der Waals surface area contributed by atoms with Crippen molar-refractivity contribution >= 4 is 22.8 Å². The maximum absolute atomic E-state index is 11.8. The van der Waals surface area contributed by atoms with Crippen LogP contribution in [0.15, 0.2) is 54.6 Å². The maximum atomic E-state index is 11.8. The molecular formula is C34H38N4O6. The molecule has 2 aromatic heterocycles. The van der Waals surface area contributed by atoms with Gasteiger partial charge in [-0.15, -0.1) is 0 Å². The Bertz CT molecular complexity index is 1660. The SMILES string of the molecule is CCOc1cc(C(C)=O)ccc1COc1cccc(C2CCN(Cc3nc4ccc(C(=O)O)cc4n3CC3CCO3)CC2)n1. The highest BCUT2D eigenvalue weighted by Gasteiger charge is 2.26. The van der Waals surface area contributed by atoms with Gasteiger partial charge in [-0.1, -0.05) is 18.2 Å². The molecule has 0 radical (unpaired) electrons. The number of ketones is 1. The minimum Gasteiger partial charge on any atom is -0.493 e. The zero-order valence-electron chi connectivity index (χ0n) is 25.2. The lowest BCUT2D eigenvalue weighted by Crippen LogP contribution is -2.35. The van der Waals surface area contributed by atoms with Crippen LogP contribution in [-0.2, 0) is 24.4 Å². The molecule has 0 aliphatic carbocycles. The van der Waals surface area contributed by atoms with Crippen molar-refractivity contribution in [2.45, 2.75) is 64.8 Å². The average Bonchev–Trinajstić information content (AvgIpc) is 3.34. The molecular weight excluding hydrogens is 560 g/mol. The Balaban J connectivity index is 1.10. The van der Waals surface area contributed by atoms with E-state index in [1.807, 2.05) is 25.1 Å². The number of nitrogens with zero attached hydrogens (tertiary/aromatic N) is 4. The monoisotopic (exact) mass is 598 g/mol. The smallest absolute Gasteiger partial charge is 0.335 e. The molecule has 10 heteroatoms. The Morgan fingerprint density at radius 2 is 1.80 bits per heavy atom. The van der Waals surface area contributed by atoms with Crippen molar-refractivity contribution in [3.63, 3.8) is 0 Å². The second-order valence-corrected chi connectivity index (χ2v) is 11.5. The van der Waals surface area contributed by atoms with Gasteiger partial charge in [0, 0.05) is 35.4 Å². The summed E-state index contributed by atoms with van der Waals surface area (Å²) in [6.45, 7) is 8.20. The summed E-state index contributed by atoms with van der Waals surface area (Å²) in [5.41, 5.74) is 4.42. The molecule has 1 N–H and O–H groups in total. The van der Waals surface area contributed by atoms with Gasteiger partial charge in [-0.05, 0) is 76.5 Å². The summed E-state index contributed by atoms with van der Waals surface area (Å²) < 4.78 is 19.7. The molecule has 4 heterocycles. The van der Waals surface area contributed by atoms with Gasteiger partial charge < -0.3 is 23.9 Å². The number of pyridine rings is 1. The number of carboxylic acid groups (broad SMARTS) is 1. The summed E-state index contributed by atoms with van der Waals surface area (Å²) in [6.07, 6.45) is 3.06. The fraction of sp³-hybridized carbons (Fsp3) is 0.412. The van der Waals surface area contributed by atoms with Gasteiger partial charge in [-0.25, -0.2) is 14.8 Å². The Morgan fingerprint density at radius 3 is 2.50 bits per heavy atom. The number of imidazole rings is 1. The minimum absolute atomic E-state index is 0.00455. The van der Waals surface area contributed by atoms with Crippen LogP contribution in [0.5, 0.6) is 11.6 Å². The summed E-state index contributed by atoms with van der Waals surface area (Å²) in [7, 11) is 0. The summed E-state index contributed by atoms with van der Waals surface area (Å²) in [5.74, 6) is 1.53. The lowest BCUT2D eigenvalue weighted by Gasteiger charge is -2.32. The molecule has 6 rings (SSSR count). The van der Waals surface area contributed by atoms with Crippen molar-refractivity contribution in [3.05, 3.63) is 82.8 Å². The Morgan fingerprint density at radius 1 is 1.00 bits per heavy atom. The third-order valence-corrected chi connectivity index (χ3v) is 8.52. The van der Waals surface area contributed by atoms with E-state index in [2.05, 4.69) is 15.5 Å². The van der Waals surface area contributed by atoms with Crippen LogP contribution in [0.2, 0.25) is 0 Å². The Hall–Kier alpha value is -4.28. The fourth-order valence-corrected chi connectivity index (χ4v) is 5.92. The van der Waals surface area contributed by atoms with Crippen LogP contribution in [0.1, 0.15) is 76.8 Å². The second-order valence-electron chi connectivity index (χ2n) is 11.5. The van der Waals surface area contributed by atoms with E-state index in [-0.39, 0.29) is 17.5 Å². The van der Waals surface area contributed by atoms with Gasteiger partial charge in [-0.3, -0.25) is 9.69 Å². The van der Waals surface area contributed by atoms with E-state index in [9.17, 15) is 14.7 Å². The summed E-state index contributed by atoms with van der Waals surface area (Å²) in [5, 5.41) is 9.53. The van der Waals surface area contributed by atoms with Crippen molar-refractivity contribution in [2.24, 2.45) is 0 Å². The van der Waals surface area contributed by atoms with Gasteiger partial charge in [0.15, 0.2) is 5.78 Å². The molecule has 0 bridgehead atoms. The first-order valence-electron chi connectivity index (χ1n) is 15.3. The topological polar surface area (TPSA) is 116 Å². The van der Waals surface area contributed by atoms with Crippen LogP contribution in [0.3, 0.4) is 0 Å². The largest absolute Gasteiger partial charge is 0.493 e. The van der Waals surface area contributed by atoms with E-state index < -0.39 is 5.97 Å². The molecule has 230 valence electrons. The van der Waals surface area contributed by atoms with Crippen molar-refractivity contribution in [3.8, 4) is 11.6 Å². The highest BCUT2D eigenvalue weighted by Crippen LogP contribution is 2.30.